The molecule has 3 amide bonds. The van der Waals surface area contributed by atoms with Gasteiger partial charge in [-0.1, -0.05) is 44.2 Å². The molecule has 2 atom stereocenters. The number of rotatable bonds is 6. The summed E-state index contributed by atoms with van der Waals surface area (Å²) in [6, 6.07) is 10.7. The fourth-order valence-corrected chi connectivity index (χ4v) is 3.47. The van der Waals surface area contributed by atoms with Crippen LogP contribution in [0.2, 0.25) is 0 Å². The predicted octanol–water partition coefficient (Wildman–Crippen LogP) is 1.30. The van der Waals surface area contributed by atoms with Gasteiger partial charge in [0.2, 0.25) is 11.7 Å². The minimum absolute atomic E-state index is 0.0603. The highest BCUT2D eigenvalue weighted by atomic mass is 16.5. The molecule has 2 unspecified atom stereocenters. The Labute approximate surface area is 192 Å². The van der Waals surface area contributed by atoms with Crippen LogP contribution in [0.25, 0.3) is 0 Å². The number of carbonyl (C=O) groups is 4. The van der Waals surface area contributed by atoms with Crippen LogP contribution in [-0.2, 0) is 38.6 Å². The second-order valence-electron chi connectivity index (χ2n) is 8.22. The van der Waals surface area contributed by atoms with Crippen molar-refractivity contribution in [3.05, 3.63) is 65.5 Å². The molecule has 33 heavy (non-hydrogen) atoms. The van der Waals surface area contributed by atoms with Crippen LogP contribution in [0, 0.1) is 5.92 Å². The number of nitrogens with zero attached hydrogens (tertiary/aromatic N) is 1. The van der Waals surface area contributed by atoms with Gasteiger partial charge in [0.05, 0.1) is 0 Å². The van der Waals surface area contributed by atoms with Gasteiger partial charge >= 0.3 is 6.09 Å². The molecule has 9 nitrogen and oxygen atoms in total. The SMILES string of the molecule is CC(C)C(NC(=O)OCc1ccccc1)C(=O)NC1Cc2ccnc(c2)CCNC(=O)C1=O. The number of pyridine rings is 1. The molecule has 9 heteroatoms. The number of amides is 3. The highest BCUT2D eigenvalue weighted by molar-refractivity contribution is 6.38. The highest BCUT2D eigenvalue weighted by Crippen LogP contribution is 2.10. The van der Waals surface area contributed by atoms with E-state index in [1.54, 1.807) is 26.1 Å². The standard InChI is InChI=1S/C24H28N4O5/c1-15(2)20(28-24(32)33-14-16-6-4-3-5-7-16)22(30)27-19-13-17-8-10-25-18(12-17)9-11-26-23(31)21(19)29/h3-8,10,12,15,19-20H,9,11,13-14H2,1-2H3,(H,26,31)(H,27,30)(H,28,32). The first-order valence-corrected chi connectivity index (χ1v) is 10.9. The van der Waals surface area contributed by atoms with Crippen LogP contribution < -0.4 is 16.0 Å². The molecule has 0 radical (unpaired) electrons. The van der Waals surface area contributed by atoms with Gasteiger partial charge in [-0.2, -0.15) is 0 Å². The number of ketones is 1. The zero-order chi connectivity index (χ0) is 23.8. The van der Waals surface area contributed by atoms with Gasteiger partial charge in [-0.15, -0.1) is 0 Å². The van der Waals surface area contributed by atoms with Crippen molar-refractivity contribution in [2.75, 3.05) is 6.54 Å². The van der Waals surface area contributed by atoms with Gasteiger partial charge in [-0.3, -0.25) is 19.4 Å². The lowest BCUT2D eigenvalue weighted by Crippen LogP contribution is -2.56. The van der Waals surface area contributed by atoms with E-state index in [2.05, 4.69) is 20.9 Å². The van der Waals surface area contributed by atoms with Crippen LogP contribution in [0.5, 0.6) is 0 Å². The van der Waals surface area contributed by atoms with E-state index < -0.39 is 35.8 Å². The molecular formula is C24H28N4O5. The summed E-state index contributed by atoms with van der Waals surface area (Å²) >= 11 is 0. The number of fused-ring (bicyclic) bond motifs is 2. The Kier molecular flexibility index (Phi) is 8.12. The van der Waals surface area contributed by atoms with E-state index in [4.69, 9.17) is 4.74 Å². The first-order chi connectivity index (χ1) is 15.8. The zero-order valence-electron chi connectivity index (χ0n) is 18.7. The Hall–Kier alpha value is -3.75. The summed E-state index contributed by atoms with van der Waals surface area (Å²) in [5.41, 5.74) is 2.38. The molecule has 1 aliphatic rings. The number of Topliss-reactive ketones (excluding diaryl/α,β-unsaturated/α-hetero) is 1. The normalized spacial score (nSPS) is 17.0. The first-order valence-electron chi connectivity index (χ1n) is 10.9. The molecule has 0 saturated heterocycles. The predicted molar refractivity (Wildman–Crippen MR) is 120 cm³/mol. The van der Waals surface area contributed by atoms with Crippen LogP contribution in [0.4, 0.5) is 4.79 Å². The lowest BCUT2D eigenvalue weighted by Gasteiger charge is -2.25. The van der Waals surface area contributed by atoms with Crippen LogP contribution in [-0.4, -0.2) is 47.3 Å². The van der Waals surface area contributed by atoms with Gasteiger partial charge < -0.3 is 20.7 Å². The molecule has 3 rings (SSSR count). The van der Waals surface area contributed by atoms with Crippen molar-refractivity contribution in [1.29, 1.82) is 0 Å². The van der Waals surface area contributed by atoms with Gasteiger partial charge in [-0.05, 0) is 29.2 Å². The van der Waals surface area contributed by atoms with Gasteiger partial charge in [-0.25, -0.2) is 4.79 Å². The molecule has 1 aromatic heterocycles. The summed E-state index contributed by atoms with van der Waals surface area (Å²) in [6.07, 6.45) is 1.53. The molecule has 174 valence electrons. The summed E-state index contributed by atoms with van der Waals surface area (Å²) in [5.74, 6) is -2.36. The summed E-state index contributed by atoms with van der Waals surface area (Å²) in [7, 11) is 0. The second kappa shape index (κ2) is 11.2. The maximum absolute atomic E-state index is 13.0. The van der Waals surface area contributed by atoms with Gasteiger partial charge in [0.25, 0.3) is 5.91 Å². The molecular weight excluding hydrogens is 424 g/mol. The third-order valence-corrected chi connectivity index (χ3v) is 5.28. The Bertz CT molecular complexity index is 1010. The van der Waals surface area contributed by atoms with Gasteiger partial charge in [0, 0.05) is 31.3 Å². The van der Waals surface area contributed by atoms with Gasteiger partial charge in [0.15, 0.2) is 0 Å². The third kappa shape index (κ3) is 6.86. The van der Waals surface area contributed by atoms with Crippen molar-refractivity contribution in [3.63, 3.8) is 0 Å². The summed E-state index contributed by atoms with van der Waals surface area (Å²) in [6.45, 7) is 3.85. The van der Waals surface area contributed by atoms with Crippen molar-refractivity contribution in [1.82, 2.24) is 20.9 Å². The van der Waals surface area contributed by atoms with Crippen molar-refractivity contribution in [2.24, 2.45) is 5.92 Å². The highest BCUT2D eigenvalue weighted by Gasteiger charge is 2.32. The smallest absolute Gasteiger partial charge is 0.408 e. The number of ether oxygens (including phenoxy) is 1. The molecule has 2 heterocycles. The number of hydrogen-bond donors (Lipinski definition) is 3. The van der Waals surface area contributed by atoms with E-state index in [0.717, 1.165) is 16.8 Å². The second-order valence-corrected chi connectivity index (χ2v) is 8.22. The number of carbonyl (C=O) groups excluding carboxylic acids is 4. The molecule has 0 fully saturated rings. The number of hydrogen-bond acceptors (Lipinski definition) is 6. The molecule has 2 aromatic rings. The van der Waals surface area contributed by atoms with Gasteiger partial charge in [0.1, 0.15) is 18.7 Å². The van der Waals surface area contributed by atoms with Crippen molar-refractivity contribution < 1.29 is 23.9 Å². The summed E-state index contributed by atoms with van der Waals surface area (Å²) in [4.78, 5) is 54.5. The lowest BCUT2D eigenvalue weighted by molar-refractivity contribution is -0.140. The van der Waals surface area contributed by atoms with E-state index >= 15 is 0 Å². The molecule has 2 bridgehead atoms. The maximum Gasteiger partial charge on any atom is 0.408 e. The minimum Gasteiger partial charge on any atom is -0.445 e. The average molecular weight is 453 g/mol. The Balaban J connectivity index is 1.68. The molecule has 0 aliphatic carbocycles. The average Bonchev–Trinajstić information content (AvgIpc) is 2.80. The van der Waals surface area contributed by atoms with Crippen molar-refractivity contribution >= 4 is 23.7 Å². The zero-order valence-corrected chi connectivity index (χ0v) is 18.7. The van der Waals surface area contributed by atoms with E-state index in [0.29, 0.717) is 6.42 Å². The van der Waals surface area contributed by atoms with E-state index in [9.17, 15) is 19.2 Å². The van der Waals surface area contributed by atoms with E-state index in [1.807, 2.05) is 36.4 Å². The quantitative estimate of drug-likeness (QED) is 0.567. The van der Waals surface area contributed by atoms with Crippen LogP contribution in [0.15, 0.2) is 48.7 Å². The summed E-state index contributed by atoms with van der Waals surface area (Å²) < 4.78 is 5.22. The maximum atomic E-state index is 13.0. The first kappa shape index (κ1) is 23.9. The molecule has 3 N–H and O–H groups in total. The fraction of sp³-hybridized carbons (Fsp3) is 0.375. The Morgan fingerprint density at radius 2 is 1.94 bits per heavy atom. The molecule has 1 aromatic carbocycles. The number of alkyl carbamates (subject to hydrolysis) is 1. The van der Waals surface area contributed by atoms with E-state index in [1.165, 1.54) is 0 Å². The Morgan fingerprint density at radius 1 is 1.18 bits per heavy atom. The van der Waals surface area contributed by atoms with Crippen molar-refractivity contribution in [3.8, 4) is 0 Å². The minimum atomic E-state index is -1.07. The van der Waals surface area contributed by atoms with Crippen LogP contribution >= 0.6 is 0 Å². The van der Waals surface area contributed by atoms with Crippen molar-refractivity contribution in [2.45, 2.75) is 45.4 Å². The largest absolute Gasteiger partial charge is 0.445 e. The molecule has 1 aliphatic heterocycles. The lowest BCUT2D eigenvalue weighted by atomic mass is 9.98. The number of nitrogens with one attached hydrogen (secondary N) is 3. The molecule has 0 spiro atoms. The molecule has 0 saturated carbocycles. The van der Waals surface area contributed by atoms with Crippen LogP contribution in [0.1, 0.15) is 30.7 Å². The van der Waals surface area contributed by atoms with Crippen LogP contribution in [0.3, 0.4) is 0 Å². The number of aromatic nitrogens is 1. The summed E-state index contributed by atoms with van der Waals surface area (Å²) in [5, 5.41) is 7.77. The fourth-order valence-electron chi connectivity index (χ4n) is 3.47. The Morgan fingerprint density at radius 3 is 2.67 bits per heavy atom. The monoisotopic (exact) mass is 452 g/mol. The third-order valence-electron chi connectivity index (χ3n) is 5.28. The topological polar surface area (TPSA) is 126 Å². The number of benzene rings is 1. The van der Waals surface area contributed by atoms with E-state index in [-0.39, 0.29) is 25.5 Å².